The van der Waals surface area contributed by atoms with Gasteiger partial charge in [0.2, 0.25) is 0 Å². The molecule has 0 saturated heterocycles. The molecule has 2 rings (SSSR count). The molecule has 31 heavy (non-hydrogen) atoms. The number of unbranched alkanes of at least 4 members (excludes halogenated alkanes) is 6. The van der Waals surface area contributed by atoms with Crippen molar-refractivity contribution in [2.75, 3.05) is 13.2 Å². The summed E-state index contributed by atoms with van der Waals surface area (Å²) in [6, 6.07) is 5.37. The topological polar surface area (TPSA) is 70.5 Å². The number of rotatable bonds is 14. The summed E-state index contributed by atoms with van der Waals surface area (Å²) in [7, 11) is 0. The van der Waals surface area contributed by atoms with Gasteiger partial charge >= 0.3 is 6.16 Å². The molecular formula is C25H36N2O4. The van der Waals surface area contributed by atoms with E-state index in [9.17, 15) is 4.79 Å². The minimum absolute atomic E-state index is 0.348. The molecule has 0 radical (unpaired) electrons. The Morgan fingerprint density at radius 3 is 2.48 bits per heavy atom. The average molecular weight is 429 g/mol. The summed E-state index contributed by atoms with van der Waals surface area (Å²) in [4.78, 5) is 20.6. The van der Waals surface area contributed by atoms with Crippen LogP contribution in [0.2, 0.25) is 0 Å². The van der Waals surface area contributed by atoms with Gasteiger partial charge < -0.3 is 14.2 Å². The molecule has 0 aliphatic heterocycles. The average Bonchev–Trinajstić information content (AvgIpc) is 2.80. The third-order valence-corrected chi connectivity index (χ3v) is 5.18. The van der Waals surface area contributed by atoms with Gasteiger partial charge in [-0.05, 0) is 30.5 Å². The fourth-order valence-corrected chi connectivity index (χ4v) is 3.00. The van der Waals surface area contributed by atoms with E-state index in [0.29, 0.717) is 30.6 Å². The van der Waals surface area contributed by atoms with E-state index in [0.717, 1.165) is 30.5 Å². The number of hydrogen-bond donors (Lipinski definition) is 0. The highest BCUT2D eigenvalue weighted by molar-refractivity contribution is 5.68. The van der Waals surface area contributed by atoms with Gasteiger partial charge in [-0.15, -0.1) is 0 Å². The zero-order valence-electron chi connectivity index (χ0n) is 19.1. The van der Waals surface area contributed by atoms with Gasteiger partial charge in [0.05, 0.1) is 25.1 Å². The first-order valence-electron chi connectivity index (χ1n) is 11.5. The molecule has 6 heteroatoms. The molecule has 1 heterocycles. The monoisotopic (exact) mass is 428 g/mol. The molecule has 0 aliphatic carbocycles. The van der Waals surface area contributed by atoms with Crippen LogP contribution in [0.5, 0.6) is 11.5 Å². The van der Waals surface area contributed by atoms with E-state index in [1.165, 1.54) is 32.1 Å². The van der Waals surface area contributed by atoms with Crippen molar-refractivity contribution in [3.63, 3.8) is 0 Å². The lowest BCUT2D eigenvalue weighted by atomic mass is 10.1. The van der Waals surface area contributed by atoms with Crippen LogP contribution < -0.4 is 9.47 Å². The first kappa shape index (κ1) is 24.6. The Kier molecular flexibility index (Phi) is 11.4. The second-order valence-electron chi connectivity index (χ2n) is 7.90. The largest absolute Gasteiger partial charge is 0.513 e. The SMILES string of the molecule is CCCCCCCCCOC(=O)Oc1ccc(-c2cnccn2)cc1OCC(C)CC. The van der Waals surface area contributed by atoms with Crippen LogP contribution in [0.3, 0.4) is 0 Å². The first-order valence-corrected chi connectivity index (χ1v) is 11.5. The lowest BCUT2D eigenvalue weighted by Gasteiger charge is -2.15. The zero-order valence-corrected chi connectivity index (χ0v) is 19.1. The van der Waals surface area contributed by atoms with E-state index in [2.05, 4.69) is 30.7 Å². The second-order valence-corrected chi connectivity index (χ2v) is 7.90. The lowest BCUT2D eigenvalue weighted by Crippen LogP contribution is -2.13. The predicted octanol–water partition coefficient (Wildman–Crippen LogP) is 6.83. The maximum absolute atomic E-state index is 12.2. The second kappa shape index (κ2) is 14.4. The number of aromatic nitrogens is 2. The van der Waals surface area contributed by atoms with E-state index >= 15 is 0 Å². The minimum Gasteiger partial charge on any atom is -0.489 e. The van der Waals surface area contributed by atoms with Crippen LogP contribution in [-0.4, -0.2) is 29.3 Å². The molecule has 1 aromatic carbocycles. The number of carbonyl (C=O) groups excluding carboxylic acids is 1. The maximum atomic E-state index is 12.2. The third-order valence-electron chi connectivity index (χ3n) is 5.18. The normalized spacial score (nSPS) is 11.7. The Morgan fingerprint density at radius 1 is 1.00 bits per heavy atom. The van der Waals surface area contributed by atoms with Gasteiger partial charge in [-0.25, -0.2) is 4.79 Å². The molecule has 0 N–H and O–H groups in total. The highest BCUT2D eigenvalue weighted by Gasteiger charge is 2.15. The molecule has 0 bridgehead atoms. The first-order chi connectivity index (χ1) is 15.1. The molecule has 0 saturated carbocycles. The number of hydrogen-bond acceptors (Lipinski definition) is 6. The van der Waals surface area contributed by atoms with E-state index in [4.69, 9.17) is 14.2 Å². The van der Waals surface area contributed by atoms with Crippen molar-refractivity contribution in [2.24, 2.45) is 5.92 Å². The Balaban J connectivity index is 1.91. The van der Waals surface area contributed by atoms with E-state index in [1.807, 2.05) is 12.1 Å². The minimum atomic E-state index is -0.702. The quantitative estimate of drug-likeness (QED) is 0.186. The van der Waals surface area contributed by atoms with Crippen molar-refractivity contribution in [1.82, 2.24) is 9.97 Å². The Labute approximate surface area is 186 Å². The number of nitrogens with zero attached hydrogens (tertiary/aromatic N) is 2. The van der Waals surface area contributed by atoms with Gasteiger partial charge in [-0.2, -0.15) is 0 Å². The van der Waals surface area contributed by atoms with Gasteiger partial charge in [0.15, 0.2) is 11.5 Å². The van der Waals surface area contributed by atoms with Crippen molar-refractivity contribution in [3.8, 4) is 22.8 Å². The summed E-state index contributed by atoms with van der Waals surface area (Å²) >= 11 is 0. The van der Waals surface area contributed by atoms with Gasteiger partial charge in [0.1, 0.15) is 0 Å². The van der Waals surface area contributed by atoms with Crippen LogP contribution in [0.4, 0.5) is 4.79 Å². The van der Waals surface area contributed by atoms with Crippen LogP contribution in [0.15, 0.2) is 36.8 Å². The molecule has 1 unspecified atom stereocenters. The Bertz CT molecular complexity index is 767. The fourth-order valence-electron chi connectivity index (χ4n) is 3.00. The summed E-state index contributed by atoms with van der Waals surface area (Å²) in [6.45, 7) is 7.34. The van der Waals surface area contributed by atoms with Crippen molar-refractivity contribution < 1.29 is 19.0 Å². The highest BCUT2D eigenvalue weighted by atomic mass is 16.7. The standard InChI is InChI=1S/C25H36N2O4/c1-4-6-7-8-9-10-11-16-29-25(28)31-23-13-12-21(22-18-26-14-15-27-22)17-24(23)30-19-20(3)5-2/h12-15,17-18,20H,4-11,16,19H2,1-3H3. The fraction of sp³-hybridized carbons (Fsp3) is 0.560. The summed E-state index contributed by atoms with van der Waals surface area (Å²) in [5.74, 6) is 1.23. The molecule has 2 aromatic rings. The maximum Gasteiger partial charge on any atom is 0.513 e. The molecule has 170 valence electrons. The molecule has 1 atom stereocenters. The van der Waals surface area contributed by atoms with Crippen LogP contribution >= 0.6 is 0 Å². The molecule has 6 nitrogen and oxygen atoms in total. The van der Waals surface area contributed by atoms with Crippen LogP contribution in [0.1, 0.15) is 72.1 Å². The predicted molar refractivity (Wildman–Crippen MR) is 122 cm³/mol. The van der Waals surface area contributed by atoms with Gasteiger partial charge in [0, 0.05) is 18.0 Å². The molecule has 0 fully saturated rings. The Hall–Kier alpha value is -2.63. The van der Waals surface area contributed by atoms with Gasteiger partial charge in [-0.1, -0.05) is 65.7 Å². The van der Waals surface area contributed by atoms with Crippen LogP contribution in [0, 0.1) is 5.92 Å². The zero-order chi connectivity index (χ0) is 22.3. The third kappa shape index (κ3) is 9.37. The molecule has 0 aliphatic rings. The summed E-state index contributed by atoms with van der Waals surface area (Å²) in [5, 5.41) is 0. The van der Waals surface area contributed by atoms with Gasteiger partial charge in [0.25, 0.3) is 0 Å². The van der Waals surface area contributed by atoms with Crippen LogP contribution in [-0.2, 0) is 4.74 Å². The summed E-state index contributed by atoms with van der Waals surface area (Å²) < 4.78 is 16.7. The van der Waals surface area contributed by atoms with Crippen molar-refractivity contribution in [1.29, 1.82) is 0 Å². The van der Waals surface area contributed by atoms with Crippen molar-refractivity contribution >= 4 is 6.16 Å². The van der Waals surface area contributed by atoms with Crippen molar-refractivity contribution in [2.45, 2.75) is 72.1 Å². The van der Waals surface area contributed by atoms with Crippen molar-refractivity contribution in [3.05, 3.63) is 36.8 Å². The molecule has 0 spiro atoms. The number of ether oxygens (including phenoxy) is 3. The highest BCUT2D eigenvalue weighted by Crippen LogP contribution is 2.32. The molecular weight excluding hydrogens is 392 g/mol. The Morgan fingerprint density at radius 2 is 1.77 bits per heavy atom. The summed E-state index contributed by atoms with van der Waals surface area (Å²) in [5.41, 5.74) is 1.57. The number of carbonyl (C=O) groups is 1. The number of benzene rings is 1. The molecule has 0 amide bonds. The van der Waals surface area contributed by atoms with Crippen LogP contribution in [0.25, 0.3) is 11.3 Å². The van der Waals surface area contributed by atoms with E-state index < -0.39 is 6.16 Å². The smallest absolute Gasteiger partial charge is 0.489 e. The molecule has 1 aromatic heterocycles. The van der Waals surface area contributed by atoms with E-state index in [1.54, 1.807) is 24.7 Å². The lowest BCUT2D eigenvalue weighted by molar-refractivity contribution is 0.0954. The van der Waals surface area contributed by atoms with Gasteiger partial charge in [-0.3, -0.25) is 9.97 Å². The van der Waals surface area contributed by atoms with E-state index in [-0.39, 0.29) is 0 Å². The summed E-state index contributed by atoms with van der Waals surface area (Å²) in [6.07, 6.45) is 13.4.